The number of carbonyl (C=O) groups excluding carboxylic acids is 2. The number of aryl methyl sites for hydroxylation is 1. The average molecular weight is 434 g/mol. The summed E-state index contributed by atoms with van der Waals surface area (Å²) in [6.45, 7) is 3.77. The van der Waals surface area contributed by atoms with Crippen LogP contribution in [0.1, 0.15) is 24.0 Å². The third kappa shape index (κ3) is 3.89. The summed E-state index contributed by atoms with van der Waals surface area (Å²) in [6, 6.07) is 13.2. The molecule has 166 valence electrons. The number of rotatable bonds is 5. The molecule has 2 aliphatic heterocycles. The van der Waals surface area contributed by atoms with E-state index in [1.165, 1.54) is 17.0 Å². The van der Waals surface area contributed by atoms with E-state index < -0.39 is 10.8 Å². The van der Waals surface area contributed by atoms with Crippen LogP contribution in [0.25, 0.3) is 5.57 Å². The van der Waals surface area contributed by atoms with Crippen molar-refractivity contribution >= 4 is 28.8 Å². The molecule has 2 aromatic rings. The Morgan fingerprint density at radius 3 is 2.12 bits per heavy atom. The second kappa shape index (κ2) is 8.55. The molecular formula is C24H26N4O4. The molecule has 0 bridgehead atoms. The van der Waals surface area contributed by atoms with Crippen LogP contribution in [0.3, 0.4) is 0 Å². The number of likely N-dealkylation sites (N-methyl/N-ethyl adjacent to an activating group) is 1. The minimum atomic E-state index is -0.482. The molecule has 2 aromatic carbocycles. The molecule has 0 N–H and O–H groups in total. The Morgan fingerprint density at radius 1 is 0.969 bits per heavy atom. The summed E-state index contributed by atoms with van der Waals surface area (Å²) in [5.41, 5.74) is 2.60. The van der Waals surface area contributed by atoms with Gasteiger partial charge in [0, 0.05) is 25.2 Å². The Balaban J connectivity index is 1.78. The van der Waals surface area contributed by atoms with Crippen LogP contribution in [0, 0.1) is 17.0 Å². The standard InChI is InChI=1S/C24H26N4O4/c1-16-4-8-19(9-5-16)27-23(29)21(17-6-10-20(11-7-17)28(31)32)22(24(27)30)26(3)18-12-14-25(2)15-13-18/h4-11,18H,12-15H2,1-3H3. The van der Waals surface area contributed by atoms with Gasteiger partial charge in [-0.05, 0) is 69.7 Å². The van der Waals surface area contributed by atoms with E-state index in [-0.39, 0.29) is 23.2 Å². The van der Waals surface area contributed by atoms with Gasteiger partial charge in [-0.2, -0.15) is 0 Å². The van der Waals surface area contributed by atoms with Crippen LogP contribution in [0.4, 0.5) is 11.4 Å². The Hall–Kier alpha value is -3.52. The van der Waals surface area contributed by atoms with E-state index in [9.17, 15) is 19.7 Å². The summed E-state index contributed by atoms with van der Waals surface area (Å²) in [6.07, 6.45) is 1.77. The number of non-ortho nitro benzene ring substituents is 1. The summed E-state index contributed by atoms with van der Waals surface area (Å²) in [5.74, 6) is -0.781. The van der Waals surface area contributed by atoms with Gasteiger partial charge in [0.05, 0.1) is 16.2 Å². The topological polar surface area (TPSA) is 87.0 Å². The van der Waals surface area contributed by atoms with Gasteiger partial charge < -0.3 is 9.80 Å². The van der Waals surface area contributed by atoms with Crippen molar-refractivity contribution in [3.05, 3.63) is 75.5 Å². The highest BCUT2D eigenvalue weighted by atomic mass is 16.6. The first-order chi connectivity index (χ1) is 15.3. The number of likely N-dealkylation sites (tertiary alicyclic amines) is 1. The van der Waals surface area contributed by atoms with E-state index in [1.54, 1.807) is 24.3 Å². The lowest BCUT2D eigenvalue weighted by Gasteiger charge is -2.36. The molecule has 0 atom stereocenters. The number of piperidine rings is 1. The molecule has 0 unspecified atom stereocenters. The molecule has 0 saturated carbocycles. The summed E-state index contributed by atoms with van der Waals surface area (Å²) in [4.78, 5) is 43.1. The molecule has 8 nitrogen and oxygen atoms in total. The van der Waals surface area contributed by atoms with Crippen LogP contribution in [-0.4, -0.2) is 59.8 Å². The molecule has 2 aliphatic rings. The van der Waals surface area contributed by atoms with Crippen molar-refractivity contribution in [2.24, 2.45) is 0 Å². The number of imide groups is 1. The molecule has 0 spiro atoms. The zero-order valence-corrected chi connectivity index (χ0v) is 18.4. The largest absolute Gasteiger partial charge is 0.366 e. The first-order valence-corrected chi connectivity index (χ1v) is 10.6. The van der Waals surface area contributed by atoms with E-state index in [0.717, 1.165) is 31.5 Å². The quantitative estimate of drug-likeness (QED) is 0.408. The molecule has 1 saturated heterocycles. The number of hydrogen-bond donors (Lipinski definition) is 0. The minimum Gasteiger partial charge on any atom is -0.366 e. The highest BCUT2D eigenvalue weighted by Gasteiger charge is 2.43. The Labute approximate surface area is 186 Å². The predicted molar refractivity (Wildman–Crippen MR) is 122 cm³/mol. The van der Waals surface area contributed by atoms with E-state index >= 15 is 0 Å². The molecule has 2 amide bonds. The maximum absolute atomic E-state index is 13.6. The number of nitrogens with zero attached hydrogens (tertiary/aromatic N) is 4. The lowest BCUT2D eigenvalue weighted by Crippen LogP contribution is -2.43. The van der Waals surface area contributed by atoms with E-state index in [2.05, 4.69) is 11.9 Å². The van der Waals surface area contributed by atoms with Crippen molar-refractivity contribution in [1.82, 2.24) is 9.80 Å². The van der Waals surface area contributed by atoms with Crippen LogP contribution in [0.5, 0.6) is 0 Å². The van der Waals surface area contributed by atoms with Gasteiger partial charge in [-0.15, -0.1) is 0 Å². The number of nitro benzene ring substituents is 1. The maximum Gasteiger partial charge on any atom is 0.282 e. The first-order valence-electron chi connectivity index (χ1n) is 10.6. The van der Waals surface area contributed by atoms with E-state index in [0.29, 0.717) is 16.9 Å². The van der Waals surface area contributed by atoms with Crippen molar-refractivity contribution < 1.29 is 14.5 Å². The zero-order valence-electron chi connectivity index (χ0n) is 18.4. The maximum atomic E-state index is 13.6. The summed E-state index contributed by atoms with van der Waals surface area (Å²) in [7, 11) is 3.93. The Morgan fingerprint density at radius 2 is 1.56 bits per heavy atom. The lowest BCUT2D eigenvalue weighted by molar-refractivity contribution is -0.384. The second-order valence-corrected chi connectivity index (χ2v) is 8.45. The summed E-state index contributed by atoms with van der Waals surface area (Å²) < 4.78 is 0. The van der Waals surface area contributed by atoms with E-state index in [4.69, 9.17) is 0 Å². The molecule has 8 heteroatoms. The minimum absolute atomic E-state index is 0.0632. The van der Waals surface area contributed by atoms with Gasteiger partial charge in [0.2, 0.25) is 0 Å². The third-order valence-corrected chi connectivity index (χ3v) is 6.31. The third-order valence-electron chi connectivity index (χ3n) is 6.31. The van der Waals surface area contributed by atoms with Crippen molar-refractivity contribution in [2.45, 2.75) is 25.8 Å². The van der Waals surface area contributed by atoms with Crippen LogP contribution >= 0.6 is 0 Å². The number of benzene rings is 2. The van der Waals surface area contributed by atoms with Gasteiger partial charge in [-0.25, -0.2) is 4.90 Å². The number of nitro groups is 1. The summed E-state index contributed by atoms with van der Waals surface area (Å²) in [5, 5.41) is 11.1. The fourth-order valence-electron chi connectivity index (χ4n) is 4.35. The Bertz CT molecular complexity index is 1080. The zero-order chi connectivity index (χ0) is 23.0. The van der Waals surface area contributed by atoms with E-state index in [1.807, 2.05) is 31.0 Å². The number of anilines is 1. The van der Waals surface area contributed by atoms with Crippen LogP contribution < -0.4 is 4.90 Å². The summed E-state index contributed by atoms with van der Waals surface area (Å²) >= 11 is 0. The molecular weight excluding hydrogens is 408 g/mol. The highest BCUT2D eigenvalue weighted by Crippen LogP contribution is 2.36. The molecule has 4 rings (SSSR count). The van der Waals surface area contributed by atoms with Gasteiger partial charge in [-0.1, -0.05) is 17.7 Å². The monoisotopic (exact) mass is 434 g/mol. The lowest BCUT2D eigenvalue weighted by atomic mass is 10.00. The average Bonchev–Trinajstić information content (AvgIpc) is 3.04. The second-order valence-electron chi connectivity index (χ2n) is 8.45. The SMILES string of the molecule is Cc1ccc(N2C(=O)C(c3ccc([N+](=O)[O-])cc3)=C(N(C)C3CCN(C)CC3)C2=O)cc1. The van der Waals surface area contributed by atoms with Gasteiger partial charge in [0.1, 0.15) is 5.70 Å². The molecule has 32 heavy (non-hydrogen) atoms. The molecule has 0 aromatic heterocycles. The van der Waals surface area contributed by atoms with Crippen LogP contribution in [0.15, 0.2) is 54.2 Å². The Kier molecular flexibility index (Phi) is 5.80. The smallest absolute Gasteiger partial charge is 0.282 e. The van der Waals surface area contributed by atoms with Gasteiger partial charge >= 0.3 is 0 Å². The van der Waals surface area contributed by atoms with Gasteiger partial charge in [0.25, 0.3) is 17.5 Å². The normalized spacial score (nSPS) is 17.9. The fraction of sp³-hybridized carbons (Fsp3) is 0.333. The van der Waals surface area contributed by atoms with Crippen LogP contribution in [-0.2, 0) is 9.59 Å². The molecule has 0 aliphatic carbocycles. The highest BCUT2D eigenvalue weighted by molar-refractivity contribution is 6.45. The molecule has 0 radical (unpaired) electrons. The van der Waals surface area contributed by atoms with Crippen molar-refractivity contribution in [2.75, 3.05) is 32.1 Å². The first kappa shape index (κ1) is 21.7. The molecule has 1 fully saturated rings. The van der Waals surface area contributed by atoms with Gasteiger partial charge in [-0.3, -0.25) is 19.7 Å². The van der Waals surface area contributed by atoms with Crippen molar-refractivity contribution in [1.29, 1.82) is 0 Å². The number of carbonyl (C=O) groups is 2. The van der Waals surface area contributed by atoms with Crippen molar-refractivity contribution in [3.8, 4) is 0 Å². The van der Waals surface area contributed by atoms with Gasteiger partial charge in [0.15, 0.2) is 0 Å². The number of amides is 2. The van der Waals surface area contributed by atoms with Crippen molar-refractivity contribution in [3.63, 3.8) is 0 Å². The number of hydrogen-bond acceptors (Lipinski definition) is 6. The fourth-order valence-corrected chi connectivity index (χ4v) is 4.35. The predicted octanol–water partition coefficient (Wildman–Crippen LogP) is 3.21. The van der Waals surface area contributed by atoms with Crippen LogP contribution in [0.2, 0.25) is 0 Å². The molecule has 2 heterocycles.